The average molecular weight is 263 g/mol. The van der Waals surface area contributed by atoms with E-state index in [2.05, 4.69) is 5.10 Å². The van der Waals surface area contributed by atoms with E-state index in [-0.39, 0.29) is 5.69 Å². The summed E-state index contributed by atoms with van der Waals surface area (Å²) in [6.45, 7) is 0.367. The number of aromatic nitrogens is 2. The second-order valence-electron chi connectivity index (χ2n) is 4.91. The van der Waals surface area contributed by atoms with E-state index < -0.39 is 11.6 Å². The second-order valence-corrected chi connectivity index (χ2v) is 4.91. The van der Waals surface area contributed by atoms with Crippen LogP contribution in [0.4, 0.5) is 8.78 Å². The summed E-state index contributed by atoms with van der Waals surface area (Å²) >= 11 is 0. The van der Waals surface area contributed by atoms with Gasteiger partial charge in [-0.05, 0) is 49.6 Å². The van der Waals surface area contributed by atoms with E-state index >= 15 is 0 Å². The van der Waals surface area contributed by atoms with Gasteiger partial charge >= 0.3 is 0 Å². The smallest absolute Gasteiger partial charge is 0.152 e. The lowest BCUT2D eigenvalue weighted by Crippen LogP contribution is -2.07. The normalized spacial score (nSPS) is 14.9. The number of nitrogens with two attached hydrogens (primary N) is 1. The molecule has 0 atom stereocenters. The number of rotatable bonds is 4. The van der Waals surface area contributed by atoms with E-state index in [0.717, 1.165) is 18.5 Å². The van der Waals surface area contributed by atoms with Crippen LogP contribution in [0.1, 0.15) is 30.0 Å². The van der Waals surface area contributed by atoms with Gasteiger partial charge in [0.1, 0.15) is 5.69 Å². The van der Waals surface area contributed by atoms with Gasteiger partial charge in [-0.15, -0.1) is 0 Å². The van der Waals surface area contributed by atoms with E-state index in [1.165, 1.54) is 16.8 Å². The largest absolute Gasteiger partial charge is 0.330 e. The van der Waals surface area contributed by atoms with Crippen molar-refractivity contribution in [2.24, 2.45) is 5.73 Å². The van der Waals surface area contributed by atoms with Gasteiger partial charge in [0.15, 0.2) is 11.6 Å². The molecule has 1 aliphatic carbocycles. The molecule has 0 spiro atoms. The van der Waals surface area contributed by atoms with Crippen LogP contribution in [0.3, 0.4) is 0 Å². The van der Waals surface area contributed by atoms with Gasteiger partial charge < -0.3 is 5.73 Å². The topological polar surface area (TPSA) is 43.8 Å². The Morgan fingerprint density at radius 1 is 1.26 bits per heavy atom. The fraction of sp³-hybridized carbons (Fsp3) is 0.357. The van der Waals surface area contributed by atoms with Gasteiger partial charge in [-0.2, -0.15) is 5.10 Å². The Morgan fingerprint density at radius 3 is 2.53 bits per heavy atom. The summed E-state index contributed by atoms with van der Waals surface area (Å²) in [5, 5.41) is 4.25. The number of halogens is 2. The number of hydrogen-bond acceptors (Lipinski definition) is 2. The van der Waals surface area contributed by atoms with Crippen LogP contribution in [0, 0.1) is 11.6 Å². The van der Waals surface area contributed by atoms with Crippen molar-refractivity contribution in [3.63, 3.8) is 0 Å². The van der Waals surface area contributed by atoms with Crippen molar-refractivity contribution in [2.45, 2.75) is 25.2 Å². The molecule has 1 heterocycles. The molecular weight excluding hydrogens is 248 g/mol. The van der Waals surface area contributed by atoms with Gasteiger partial charge in [-0.25, -0.2) is 13.5 Å². The lowest BCUT2D eigenvalue weighted by Gasteiger charge is -2.07. The third-order valence-electron chi connectivity index (χ3n) is 3.34. The van der Waals surface area contributed by atoms with Crippen LogP contribution in [0.25, 0.3) is 5.69 Å². The third kappa shape index (κ3) is 2.38. The molecule has 0 amide bonds. The highest BCUT2D eigenvalue weighted by Crippen LogP contribution is 2.39. The minimum absolute atomic E-state index is 0.118. The Hall–Kier alpha value is -1.75. The van der Waals surface area contributed by atoms with Gasteiger partial charge in [0.2, 0.25) is 0 Å². The first-order valence-electron chi connectivity index (χ1n) is 6.43. The molecule has 1 aromatic heterocycles. The predicted molar refractivity (Wildman–Crippen MR) is 68.2 cm³/mol. The van der Waals surface area contributed by atoms with Crippen LogP contribution in [0.5, 0.6) is 0 Å². The van der Waals surface area contributed by atoms with Crippen molar-refractivity contribution in [3.05, 3.63) is 47.3 Å². The maximum Gasteiger partial charge on any atom is 0.152 e. The summed E-state index contributed by atoms with van der Waals surface area (Å²) in [5.74, 6) is -0.744. The number of nitrogens with zero attached hydrogens (tertiary/aromatic N) is 2. The molecule has 0 aliphatic heterocycles. The molecule has 1 fully saturated rings. The van der Waals surface area contributed by atoms with E-state index in [0.29, 0.717) is 24.4 Å². The fourth-order valence-electron chi connectivity index (χ4n) is 2.21. The van der Waals surface area contributed by atoms with Crippen LogP contribution in [-0.4, -0.2) is 16.3 Å². The molecule has 0 radical (unpaired) electrons. The van der Waals surface area contributed by atoms with Crippen molar-refractivity contribution in [1.82, 2.24) is 9.78 Å². The molecule has 1 aromatic carbocycles. The molecule has 5 heteroatoms. The number of hydrogen-bond donors (Lipinski definition) is 1. The Balaban J connectivity index is 1.98. The first-order valence-corrected chi connectivity index (χ1v) is 6.43. The first-order chi connectivity index (χ1) is 9.19. The van der Waals surface area contributed by atoms with Crippen LogP contribution in [0.2, 0.25) is 0 Å². The maximum absolute atomic E-state index is 14.0. The summed E-state index contributed by atoms with van der Waals surface area (Å²) in [4.78, 5) is 0. The summed E-state index contributed by atoms with van der Waals surface area (Å²) in [6, 6.07) is 4.47. The quantitative estimate of drug-likeness (QED) is 0.921. The lowest BCUT2D eigenvalue weighted by molar-refractivity contribution is 0.556. The van der Waals surface area contributed by atoms with Crippen LogP contribution >= 0.6 is 0 Å². The molecule has 3 rings (SSSR count). The van der Waals surface area contributed by atoms with Crippen molar-refractivity contribution < 1.29 is 8.78 Å². The summed E-state index contributed by atoms with van der Waals surface area (Å²) < 4.78 is 29.3. The fourth-order valence-corrected chi connectivity index (χ4v) is 2.21. The molecule has 0 unspecified atom stereocenters. The summed E-state index contributed by atoms with van der Waals surface area (Å²) in [5.41, 5.74) is 6.75. The zero-order valence-electron chi connectivity index (χ0n) is 10.4. The van der Waals surface area contributed by atoms with E-state index in [1.54, 1.807) is 6.20 Å². The monoisotopic (exact) mass is 263 g/mol. The Morgan fingerprint density at radius 2 is 1.95 bits per heavy atom. The lowest BCUT2D eigenvalue weighted by atomic mass is 10.1. The molecule has 3 nitrogen and oxygen atoms in total. The van der Waals surface area contributed by atoms with E-state index in [9.17, 15) is 8.78 Å². The Labute approximate surface area is 110 Å². The minimum Gasteiger partial charge on any atom is -0.330 e. The Bertz CT molecular complexity index is 579. The second kappa shape index (κ2) is 4.74. The molecule has 2 N–H and O–H groups in total. The minimum atomic E-state index is -0.603. The van der Waals surface area contributed by atoms with E-state index in [1.807, 2.05) is 6.07 Å². The molecular formula is C14H15F2N3. The molecule has 0 bridgehead atoms. The molecule has 2 aromatic rings. The van der Waals surface area contributed by atoms with Crippen molar-refractivity contribution in [3.8, 4) is 5.69 Å². The highest BCUT2D eigenvalue weighted by molar-refractivity contribution is 5.38. The SMILES string of the molecule is NCCc1cc(F)c(-n2ccc(C3CC3)n2)c(F)c1. The van der Waals surface area contributed by atoms with E-state index in [4.69, 9.17) is 5.73 Å². The van der Waals surface area contributed by atoms with Gasteiger partial charge in [-0.3, -0.25) is 0 Å². The summed E-state index contributed by atoms with van der Waals surface area (Å²) in [6.07, 6.45) is 4.28. The van der Waals surface area contributed by atoms with Gasteiger partial charge in [0.05, 0.1) is 5.69 Å². The van der Waals surface area contributed by atoms with Gasteiger partial charge in [0.25, 0.3) is 0 Å². The van der Waals surface area contributed by atoms with Crippen molar-refractivity contribution in [1.29, 1.82) is 0 Å². The van der Waals surface area contributed by atoms with Gasteiger partial charge in [0, 0.05) is 12.1 Å². The molecule has 1 saturated carbocycles. The Kier molecular flexibility index (Phi) is 3.06. The highest BCUT2D eigenvalue weighted by atomic mass is 19.1. The zero-order valence-corrected chi connectivity index (χ0v) is 10.4. The molecule has 0 saturated heterocycles. The van der Waals surface area contributed by atoms with Crippen LogP contribution < -0.4 is 5.73 Å². The first kappa shape index (κ1) is 12.3. The van der Waals surface area contributed by atoms with Crippen molar-refractivity contribution >= 4 is 0 Å². The molecule has 100 valence electrons. The van der Waals surface area contributed by atoms with Crippen molar-refractivity contribution in [2.75, 3.05) is 6.54 Å². The average Bonchev–Trinajstić information content (AvgIpc) is 3.09. The molecule has 1 aliphatic rings. The van der Waals surface area contributed by atoms with Crippen LogP contribution in [-0.2, 0) is 6.42 Å². The van der Waals surface area contributed by atoms with Crippen LogP contribution in [0.15, 0.2) is 24.4 Å². The summed E-state index contributed by atoms with van der Waals surface area (Å²) in [7, 11) is 0. The van der Waals surface area contributed by atoms with Gasteiger partial charge in [-0.1, -0.05) is 0 Å². The maximum atomic E-state index is 14.0. The standard InChI is InChI=1S/C14H15F2N3/c15-11-7-9(3-5-17)8-12(16)14(11)19-6-4-13(18-19)10-1-2-10/h4,6-8,10H,1-3,5,17H2. The predicted octanol–water partition coefficient (Wildman–Crippen LogP) is 2.53. The zero-order chi connectivity index (χ0) is 13.4. The highest BCUT2D eigenvalue weighted by Gasteiger charge is 2.26. The molecule has 19 heavy (non-hydrogen) atoms. The third-order valence-corrected chi connectivity index (χ3v) is 3.34. The number of benzene rings is 1.